The van der Waals surface area contributed by atoms with Crippen molar-refractivity contribution in [1.29, 1.82) is 0 Å². The number of guanidine groups is 1. The summed E-state index contributed by atoms with van der Waals surface area (Å²) in [5.41, 5.74) is 1.43. The quantitative estimate of drug-likeness (QED) is 0.424. The van der Waals surface area contributed by atoms with Crippen LogP contribution < -0.4 is 10.6 Å². The van der Waals surface area contributed by atoms with Crippen molar-refractivity contribution in [2.45, 2.75) is 52.3 Å². The molecule has 2 fully saturated rings. The molecular weight excluding hydrogens is 413 g/mol. The molecule has 1 aliphatic heterocycles. The maximum atomic E-state index is 5.89. The van der Waals surface area contributed by atoms with Gasteiger partial charge in [0.25, 0.3) is 0 Å². The molecule has 1 aromatic carbocycles. The molecule has 1 aromatic rings. The molecule has 0 spiro atoms. The fourth-order valence-electron chi connectivity index (χ4n) is 4.09. The van der Waals surface area contributed by atoms with E-state index in [1.165, 1.54) is 5.56 Å². The minimum absolute atomic E-state index is 0. The lowest BCUT2D eigenvalue weighted by atomic mass is 9.57. The van der Waals surface area contributed by atoms with Crippen molar-refractivity contribution in [3.05, 3.63) is 35.9 Å². The summed E-state index contributed by atoms with van der Waals surface area (Å²) in [6.45, 7) is 10.5. The number of hydrogen-bond donors (Lipinski definition) is 2. The third kappa shape index (κ3) is 3.72. The summed E-state index contributed by atoms with van der Waals surface area (Å²) in [5.74, 6) is 1.52. The number of nitrogens with zero attached hydrogens (tertiary/aromatic N) is 1. The first kappa shape index (κ1) is 19.5. The largest absolute Gasteiger partial charge is 0.377 e. The second kappa shape index (κ2) is 8.04. The van der Waals surface area contributed by atoms with E-state index < -0.39 is 0 Å². The number of hydrogen-bond acceptors (Lipinski definition) is 2. The lowest BCUT2D eigenvalue weighted by Gasteiger charge is -2.55. The number of halogens is 1. The van der Waals surface area contributed by atoms with E-state index in [1.54, 1.807) is 0 Å². The molecule has 4 atom stereocenters. The van der Waals surface area contributed by atoms with Gasteiger partial charge in [0.15, 0.2) is 5.96 Å². The Balaban J connectivity index is 0.00000208. The number of ether oxygens (including phenoxy) is 1. The molecule has 0 aromatic heterocycles. The first-order chi connectivity index (χ1) is 11.0. The zero-order chi connectivity index (χ0) is 16.4. The van der Waals surface area contributed by atoms with Crippen LogP contribution in [-0.2, 0) is 4.74 Å². The number of aliphatic imine (C=N–C) groups is 1. The maximum Gasteiger partial charge on any atom is 0.191 e. The highest BCUT2D eigenvalue weighted by molar-refractivity contribution is 14.0. The molecule has 3 rings (SSSR count). The van der Waals surface area contributed by atoms with E-state index >= 15 is 0 Å². The number of rotatable bonds is 4. The van der Waals surface area contributed by atoms with E-state index in [-0.39, 0.29) is 35.4 Å². The van der Waals surface area contributed by atoms with E-state index in [0.29, 0.717) is 18.1 Å². The highest BCUT2D eigenvalue weighted by Crippen LogP contribution is 2.52. The molecular formula is C19H30IN3O. The Hall–Kier alpha value is -0.820. The van der Waals surface area contributed by atoms with Gasteiger partial charge < -0.3 is 15.4 Å². The van der Waals surface area contributed by atoms with Gasteiger partial charge in [-0.3, -0.25) is 4.99 Å². The van der Waals surface area contributed by atoms with Crippen molar-refractivity contribution in [2.24, 2.45) is 16.3 Å². The predicted octanol–water partition coefficient (Wildman–Crippen LogP) is 3.73. The van der Waals surface area contributed by atoms with E-state index in [0.717, 1.165) is 25.5 Å². The third-order valence-electron chi connectivity index (χ3n) is 5.36. The van der Waals surface area contributed by atoms with Crippen molar-refractivity contribution >= 4 is 29.9 Å². The summed E-state index contributed by atoms with van der Waals surface area (Å²) in [6.07, 6.45) is 1.55. The molecule has 0 amide bonds. The van der Waals surface area contributed by atoms with Gasteiger partial charge >= 0.3 is 0 Å². The van der Waals surface area contributed by atoms with Crippen molar-refractivity contribution in [2.75, 3.05) is 13.2 Å². The van der Waals surface area contributed by atoms with Crippen molar-refractivity contribution in [1.82, 2.24) is 10.6 Å². The molecule has 0 bridgehead atoms. The molecule has 0 radical (unpaired) electrons. The van der Waals surface area contributed by atoms with E-state index in [4.69, 9.17) is 4.74 Å². The fourth-order valence-corrected chi connectivity index (χ4v) is 4.09. The molecule has 134 valence electrons. The van der Waals surface area contributed by atoms with Crippen LogP contribution in [0.5, 0.6) is 0 Å². The van der Waals surface area contributed by atoms with Crippen molar-refractivity contribution in [3.63, 3.8) is 0 Å². The number of nitrogens with one attached hydrogen (secondary N) is 2. The molecule has 1 heterocycles. The van der Waals surface area contributed by atoms with Gasteiger partial charge in [-0.15, -0.1) is 24.0 Å². The Kier molecular flexibility index (Phi) is 6.53. The smallest absolute Gasteiger partial charge is 0.191 e. The van der Waals surface area contributed by atoms with Crippen LogP contribution in [0.1, 0.15) is 45.7 Å². The third-order valence-corrected chi connectivity index (χ3v) is 5.36. The van der Waals surface area contributed by atoms with Gasteiger partial charge in [-0.25, -0.2) is 0 Å². The van der Waals surface area contributed by atoms with Crippen LogP contribution in [0.25, 0.3) is 0 Å². The van der Waals surface area contributed by atoms with Crippen LogP contribution in [0.15, 0.2) is 35.3 Å². The minimum atomic E-state index is 0. The van der Waals surface area contributed by atoms with Gasteiger partial charge in [-0.05, 0) is 25.8 Å². The minimum Gasteiger partial charge on any atom is -0.377 e. The lowest BCUT2D eigenvalue weighted by molar-refractivity contribution is -0.106. The lowest BCUT2D eigenvalue weighted by Crippen LogP contribution is -2.68. The summed E-state index contributed by atoms with van der Waals surface area (Å²) in [7, 11) is 0. The van der Waals surface area contributed by atoms with Crippen LogP contribution in [0.3, 0.4) is 0 Å². The van der Waals surface area contributed by atoms with Gasteiger partial charge in [-0.2, -0.15) is 0 Å². The zero-order valence-electron chi connectivity index (χ0n) is 15.1. The Morgan fingerprint density at radius 3 is 2.71 bits per heavy atom. The molecule has 2 aliphatic rings. The molecule has 1 aliphatic carbocycles. The monoisotopic (exact) mass is 443 g/mol. The molecule has 5 heteroatoms. The Morgan fingerprint density at radius 2 is 2.04 bits per heavy atom. The standard InChI is InChI=1S/C19H29N3O.HI/c1-5-20-18(21-13(2)14-9-7-6-8-10-14)22-16-15-11-12-23-17(15)19(16,3)4;/h6-10,13,15-17H,5,11-12H2,1-4H3,(H2,20,21,22);1H. The van der Waals surface area contributed by atoms with Crippen LogP contribution >= 0.6 is 24.0 Å². The average molecular weight is 443 g/mol. The summed E-state index contributed by atoms with van der Waals surface area (Å²) >= 11 is 0. The van der Waals surface area contributed by atoms with Crippen molar-refractivity contribution < 1.29 is 4.74 Å². The molecule has 24 heavy (non-hydrogen) atoms. The van der Waals surface area contributed by atoms with Gasteiger partial charge in [0.05, 0.1) is 12.1 Å². The van der Waals surface area contributed by atoms with Gasteiger partial charge in [0.2, 0.25) is 0 Å². The molecule has 4 unspecified atom stereocenters. The van der Waals surface area contributed by atoms with Gasteiger partial charge in [0, 0.05) is 30.5 Å². The van der Waals surface area contributed by atoms with Crippen LogP contribution in [-0.4, -0.2) is 31.3 Å². The Bertz CT molecular complexity index is 561. The normalized spacial score (nSPS) is 29.0. The zero-order valence-corrected chi connectivity index (χ0v) is 17.4. The van der Waals surface area contributed by atoms with E-state index in [1.807, 2.05) is 6.07 Å². The summed E-state index contributed by atoms with van der Waals surface area (Å²) < 4.78 is 5.89. The van der Waals surface area contributed by atoms with Gasteiger partial charge in [0.1, 0.15) is 0 Å². The Labute approximate surface area is 162 Å². The first-order valence-corrected chi connectivity index (χ1v) is 8.78. The molecule has 1 saturated heterocycles. The highest BCUT2D eigenvalue weighted by atomic mass is 127. The Morgan fingerprint density at radius 1 is 1.33 bits per heavy atom. The maximum absolute atomic E-state index is 5.89. The second-order valence-electron chi connectivity index (χ2n) is 7.29. The molecule has 1 saturated carbocycles. The van der Waals surface area contributed by atoms with Crippen LogP contribution in [0.2, 0.25) is 0 Å². The predicted molar refractivity (Wildman–Crippen MR) is 110 cm³/mol. The van der Waals surface area contributed by atoms with Crippen LogP contribution in [0, 0.1) is 11.3 Å². The topological polar surface area (TPSA) is 45.7 Å². The average Bonchev–Trinajstić information content (AvgIpc) is 3.00. The molecule has 2 N–H and O–H groups in total. The fraction of sp³-hybridized carbons (Fsp3) is 0.632. The number of benzene rings is 1. The first-order valence-electron chi connectivity index (χ1n) is 8.78. The summed E-state index contributed by atoms with van der Waals surface area (Å²) in [6, 6.07) is 11.2. The van der Waals surface area contributed by atoms with Crippen LogP contribution in [0.4, 0.5) is 0 Å². The van der Waals surface area contributed by atoms with E-state index in [2.05, 4.69) is 67.6 Å². The number of fused-ring (bicyclic) bond motifs is 1. The molecule has 4 nitrogen and oxygen atoms in total. The van der Waals surface area contributed by atoms with Gasteiger partial charge in [-0.1, -0.05) is 44.2 Å². The summed E-state index contributed by atoms with van der Waals surface area (Å²) in [5, 5.41) is 7.22. The SMILES string of the molecule is CCN=C(NC(C)c1ccccc1)NC1C2CCOC2C1(C)C.I. The summed E-state index contributed by atoms with van der Waals surface area (Å²) in [4.78, 5) is 4.64. The highest BCUT2D eigenvalue weighted by Gasteiger charge is 2.59. The van der Waals surface area contributed by atoms with E-state index in [9.17, 15) is 0 Å². The second-order valence-corrected chi connectivity index (χ2v) is 7.29. The van der Waals surface area contributed by atoms with Crippen molar-refractivity contribution in [3.8, 4) is 0 Å².